The number of carbonyl (C=O) groups is 1. The van der Waals surface area contributed by atoms with E-state index in [9.17, 15) is 13.6 Å². The molecule has 120 valence electrons. The fourth-order valence-electron chi connectivity index (χ4n) is 2.28. The Bertz CT molecular complexity index is 543. The van der Waals surface area contributed by atoms with Crippen molar-refractivity contribution in [3.8, 4) is 11.5 Å². The number of hydrogen-bond acceptors (Lipinski definition) is 4. The first-order valence-corrected chi connectivity index (χ1v) is 7.03. The summed E-state index contributed by atoms with van der Waals surface area (Å²) in [6.45, 7) is -2.85. The largest absolute Gasteiger partial charge is 0.493 e. The summed E-state index contributed by atoms with van der Waals surface area (Å²) in [6, 6.07) is 4.46. The van der Waals surface area contributed by atoms with Gasteiger partial charge in [-0.2, -0.15) is 8.78 Å². The zero-order valence-corrected chi connectivity index (χ0v) is 12.3. The van der Waals surface area contributed by atoms with E-state index in [1.54, 1.807) is 6.07 Å². The standard InChI is InChI=1S/C16H18F2O4/c1-20-14-9-11(7-8-13(14)22-16(17)18)10-21-15(19)12-5-3-2-4-6-12/h2-3,7-9,12,16H,4-6,10H2,1H3. The van der Waals surface area contributed by atoms with Crippen LogP contribution in [0.3, 0.4) is 0 Å². The van der Waals surface area contributed by atoms with E-state index < -0.39 is 6.61 Å². The average molecular weight is 312 g/mol. The molecule has 0 aromatic heterocycles. The van der Waals surface area contributed by atoms with E-state index in [0.29, 0.717) is 12.0 Å². The molecule has 1 aromatic rings. The van der Waals surface area contributed by atoms with Gasteiger partial charge in [-0.3, -0.25) is 4.79 Å². The van der Waals surface area contributed by atoms with Gasteiger partial charge in [0.1, 0.15) is 6.61 Å². The van der Waals surface area contributed by atoms with Crippen LogP contribution in [0.5, 0.6) is 11.5 Å². The number of hydrogen-bond donors (Lipinski definition) is 0. The highest BCUT2D eigenvalue weighted by Crippen LogP contribution is 2.30. The van der Waals surface area contributed by atoms with Crippen molar-refractivity contribution in [1.82, 2.24) is 0 Å². The van der Waals surface area contributed by atoms with E-state index >= 15 is 0 Å². The molecule has 0 aliphatic heterocycles. The van der Waals surface area contributed by atoms with Crippen LogP contribution in [0.15, 0.2) is 30.4 Å². The summed E-state index contributed by atoms with van der Waals surface area (Å²) >= 11 is 0. The van der Waals surface area contributed by atoms with E-state index in [2.05, 4.69) is 10.8 Å². The van der Waals surface area contributed by atoms with Crippen molar-refractivity contribution in [2.75, 3.05) is 7.11 Å². The number of carbonyl (C=O) groups excluding carboxylic acids is 1. The van der Waals surface area contributed by atoms with Crippen molar-refractivity contribution in [3.05, 3.63) is 35.9 Å². The van der Waals surface area contributed by atoms with Crippen LogP contribution in [-0.2, 0) is 16.1 Å². The van der Waals surface area contributed by atoms with E-state index in [-0.39, 0.29) is 30.0 Å². The van der Waals surface area contributed by atoms with Gasteiger partial charge in [0, 0.05) is 0 Å². The van der Waals surface area contributed by atoms with Crippen LogP contribution in [0.1, 0.15) is 24.8 Å². The lowest BCUT2D eigenvalue weighted by atomic mass is 9.95. The third-order valence-corrected chi connectivity index (χ3v) is 3.43. The number of allylic oxidation sites excluding steroid dienone is 2. The molecule has 0 bridgehead atoms. The van der Waals surface area contributed by atoms with Crippen LogP contribution < -0.4 is 9.47 Å². The quantitative estimate of drug-likeness (QED) is 0.593. The third kappa shape index (κ3) is 4.44. The monoisotopic (exact) mass is 312 g/mol. The van der Waals surface area contributed by atoms with Gasteiger partial charge in [-0.15, -0.1) is 0 Å². The van der Waals surface area contributed by atoms with Gasteiger partial charge in [0.25, 0.3) is 0 Å². The number of esters is 1. The van der Waals surface area contributed by atoms with Gasteiger partial charge >= 0.3 is 12.6 Å². The van der Waals surface area contributed by atoms with Crippen LogP contribution in [0.2, 0.25) is 0 Å². The predicted molar refractivity (Wildman–Crippen MR) is 75.9 cm³/mol. The Kier molecular flexibility index (Phi) is 5.75. The molecule has 0 fully saturated rings. The first-order chi connectivity index (χ1) is 10.6. The molecular formula is C16H18F2O4. The first kappa shape index (κ1) is 16.3. The zero-order valence-electron chi connectivity index (χ0n) is 12.3. The van der Waals surface area contributed by atoms with Crippen molar-refractivity contribution in [2.45, 2.75) is 32.5 Å². The Labute approximate surface area is 127 Å². The second-order valence-electron chi connectivity index (χ2n) is 4.95. The molecule has 1 aliphatic carbocycles. The molecule has 1 aromatic carbocycles. The molecule has 0 heterocycles. The number of ether oxygens (including phenoxy) is 3. The van der Waals surface area contributed by atoms with Gasteiger partial charge in [-0.25, -0.2) is 0 Å². The molecule has 1 unspecified atom stereocenters. The maximum absolute atomic E-state index is 12.2. The van der Waals surface area contributed by atoms with Crippen molar-refractivity contribution < 1.29 is 27.8 Å². The molecule has 2 rings (SSSR count). The van der Waals surface area contributed by atoms with E-state index in [0.717, 1.165) is 12.8 Å². The normalized spacial score (nSPS) is 17.4. The van der Waals surface area contributed by atoms with Crippen molar-refractivity contribution in [3.63, 3.8) is 0 Å². The predicted octanol–water partition coefficient (Wildman–Crippen LogP) is 3.70. The van der Waals surface area contributed by atoms with Crippen molar-refractivity contribution in [2.24, 2.45) is 5.92 Å². The molecule has 0 radical (unpaired) electrons. The van der Waals surface area contributed by atoms with Crippen LogP contribution in [0, 0.1) is 5.92 Å². The van der Waals surface area contributed by atoms with Gasteiger partial charge in [-0.1, -0.05) is 18.2 Å². The average Bonchev–Trinajstić information content (AvgIpc) is 2.54. The van der Waals surface area contributed by atoms with Crippen molar-refractivity contribution in [1.29, 1.82) is 0 Å². The maximum atomic E-state index is 12.2. The lowest BCUT2D eigenvalue weighted by Crippen LogP contribution is -2.18. The molecule has 1 aliphatic rings. The molecule has 0 amide bonds. The number of benzene rings is 1. The Balaban J connectivity index is 1.95. The summed E-state index contributed by atoms with van der Waals surface area (Å²) in [5, 5.41) is 0. The minimum absolute atomic E-state index is 0.0509. The van der Waals surface area contributed by atoms with Gasteiger partial charge < -0.3 is 14.2 Å². The maximum Gasteiger partial charge on any atom is 0.387 e. The molecule has 22 heavy (non-hydrogen) atoms. The van der Waals surface area contributed by atoms with Crippen LogP contribution >= 0.6 is 0 Å². The van der Waals surface area contributed by atoms with Gasteiger partial charge in [0.2, 0.25) is 0 Å². The van der Waals surface area contributed by atoms with Crippen molar-refractivity contribution >= 4 is 5.97 Å². The third-order valence-electron chi connectivity index (χ3n) is 3.43. The number of rotatable bonds is 6. The summed E-state index contributed by atoms with van der Waals surface area (Å²) in [5.41, 5.74) is 0.651. The van der Waals surface area contributed by atoms with Gasteiger partial charge in [0.05, 0.1) is 13.0 Å². The van der Waals surface area contributed by atoms with E-state index in [1.807, 2.05) is 6.08 Å². The smallest absolute Gasteiger partial charge is 0.387 e. The minimum Gasteiger partial charge on any atom is -0.493 e. The Morgan fingerprint density at radius 3 is 2.77 bits per heavy atom. The van der Waals surface area contributed by atoms with Crippen LogP contribution in [-0.4, -0.2) is 19.7 Å². The molecule has 0 spiro atoms. The second kappa shape index (κ2) is 7.77. The summed E-state index contributed by atoms with van der Waals surface area (Å²) < 4.78 is 39.1. The highest BCUT2D eigenvalue weighted by atomic mass is 19.3. The Morgan fingerprint density at radius 1 is 1.32 bits per heavy atom. The van der Waals surface area contributed by atoms with Crippen LogP contribution in [0.4, 0.5) is 8.78 Å². The summed E-state index contributed by atoms with van der Waals surface area (Å²) in [6.07, 6.45) is 6.40. The molecular weight excluding hydrogens is 294 g/mol. The molecule has 0 N–H and O–H groups in total. The zero-order chi connectivity index (χ0) is 15.9. The minimum atomic E-state index is -2.92. The number of halogens is 2. The summed E-state index contributed by atoms with van der Waals surface area (Å²) in [4.78, 5) is 11.9. The molecule has 0 saturated carbocycles. The molecule has 1 atom stereocenters. The molecule has 4 nitrogen and oxygen atoms in total. The van der Waals surface area contributed by atoms with E-state index in [4.69, 9.17) is 9.47 Å². The number of methoxy groups -OCH3 is 1. The Morgan fingerprint density at radius 2 is 2.14 bits per heavy atom. The van der Waals surface area contributed by atoms with Crippen LogP contribution in [0.25, 0.3) is 0 Å². The summed E-state index contributed by atoms with van der Waals surface area (Å²) in [5.74, 6) is -0.219. The SMILES string of the molecule is COc1cc(COC(=O)C2CC=CCC2)ccc1OC(F)F. The highest BCUT2D eigenvalue weighted by Gasteiger charge is 2.20. The first-order valence-electron chi connectivity index (χ1n) is 7.03. The van der Waals surface area contributed by atoms with Gasteiger partial charge in [-0.05, 0) is 37.0 Å². The lowest BCUT2D eigenvalue weighted by molar-refractivity contribution is -0.150. The molecule has 0 saturated heterocycles. The van der Waals surface area contributed by atoms with Gasteiger partial charge in [0.15, 0.2) is 11.5 Å². The number of alkyl halides is 2. The topological polar surface area (TPSA) is 44.8 Å². The summed E-state index contributed by atoms with van der Waals surface area (Å²) in [7, 11) is 1.36. The highest BCUT2D eigenvalue weighted by molar-refractivity contribution is 5.72. The van der Waals surface area contributed by atoms with E-state index in [1.165, 1.54) is 19.2 Å². The fraction of sp³-hybridized carbons (Fsp3) is 0.438. The molecule has 6 heteroatoms. The second-order valence-corrected chi connectivity index (χ2v) is 4.95. The Hall–Kier alpha value is -2.11. The fourth-order valence-corrected chi connectivity index (χ4v) is 2.28. The lowest BCUT2D eigenvalue weighted by Gasteiger charge is -2.17.